The fourth-order valence-corrected chi connectivity index (χ4v) is 14.0. The second kappa shape index (κ2) is 73.0. The van der Waals surface area contributed by atoms with Crippen molar-refractivity contribution in [2.24, 2.45) is 5.92 Å². The zero-order valence-corrected chi connectivity index (χ0v) is 66.4. The van der Waals surface area contributed by atoms with Crippen LogP contribution in [0, 0.1) is 5.92 Å². The van der Waals surface area contributed by atoms with Crippen LogP contribution in [0.2, 0.25) is 0 Å². The van der Waals surface area contributed by atoms with Crippen LogP contribution in [0.4, 0.5) is 0 Å². The average Bonchev–Trinajstić information content (AvgIpc) is 1.28. The Balaban J connectivity index is 5.20. The summed E-state index contributed by atoms with van der Waals surface area (Å²) in [5, 5.41) is 10.6. The van der Waals surface area contributed by atoms with Gasteiger partial charge >= 0.3 is 39.5 Å². The van der Waals surface area contributed by atoms with Gasteiger partial charge in [0.15, 0.2) is 12.2 Å². The first kappa shape index (κ1) is 97.1. The number of hydrogen-bond acceptors (Lipinski definition) is 15. The van der Waals surface area contributed by atoms with Crippen molar-refractivity contribution >= 4 is 39.5 Å². The first-order valence-corrected chi connectivity index (χ1v) is 44.6. The molecule has 19 heteroatoms. The van der Waals surface area contributed by atoms with Gasteiger partial charge in [-0.3, -0.25) is 37.3 Å². The molecule has 0 aliphatic heterocycles. The molecule has 0 saturated carbocycles. The van der Waals surface area contributed by atoms with Crippen molar-refractivity contribution in [3.8, 4) is 0 Å². The number of ether oxygens (including phenoxy) is 4. The highest BCUT2D eigenvalue weighted by atomic mass is 31.2. The summed E-state index contributed by atoms with van der Waals surface area (Å²) in [5.41, 5.74) is 0. The Kier molecular flexibility index (Phi) is 71.6. The van der Waals surface area contributed by atoms with Crippen LogP contribution in [0.15, 0.2) is 0 Å². The molecule has 0 spiro atoms. The lowest BCUT2D eigenvalue weighted by atomic mass is 10.0. The fraction of sp³-hybridized carbons (Fsp3) is 0.950. The molecule has 0 rings (SSSR count). The van der Waals surface area contributed by atoms with E-state index in [2.05, 4.69) is 34.6 Å². The van der Waals surface area contributed by atoms with Gasteiger partial charge in [0.1, 0.15) is 19.3 Å². The van der Waals surface area contributed by atoms with Gasteiger partial charge in [-0.1, -0.05) is 375 Å². The topological polar surface area (TPSA) is 237 Å². The second-order valence-corrected chi connectivity index (χ2v) is 32.2. The van der Waals surface area contributed by atoms with E-state index in [4.69, 9.17) is 37.0 Å². The first-order valence-electron chi connectivity index (χ1n) is 41.6. The summed E-state index contributed by atoms with van der Waals surface area (Å²) in [6, 6.07) is 0. The molecule has 588 valence electrons. The summed E-state index contributed by atoms with van der Waals surface area (Å²) >= 11 is 0. The van der Waals surface area contributed by atoms with E-state index in [-0.39, 0.29) is 25.7 Å². The van der Waals surface area contributed by atoms with E-state index in [1.165, 1.54) is 244 Å². The maximum Gasteiger partial charge on any atom is 0.472 e. The summed E-state index contributed by atoms with van der Waals surface area (Å²) in [6.45, 7) is 7.32. The SMILES string of the molecule is CCCCCCCCCCCCCCCCCCCCCCC(=O)O[C@H](COC(=O)CCCCCCCCCCCCCCCCC(C)C)COP(=O)(O)OC[C@@H](O)COP(=O)(O)OC[C@@H](COC(=O)CCCCCCCCCC)OC(=O)CCCCCCCCCCCCCCCC. The average molecular weight is 1450 g/mol. The van der Waals surface area contributed by atoms with Crippen molar-refractivity contribution in [3.05, 3.63) is 0 Å². The first-order chi connectivity index (χ1) is 48.0. The molecule has 0 amide bonds. The number of carbonyl (C=O) groups is 4. The third-order valence-electron chi connectivity index (χ3n) is 18.8. The van der Waals surface area contributed by atoms with E-state index >= 15 is 0 Å². The minimum atomic E-state index is -4.96. The number of carbonyl (C=O) groups excluding carboxylic acids is 4. The van der Waals surface area contributed by atoms with Crippen LogP contribution in [0.25, 0.3) is 0 Å². The highest BCUT2D eigenvalue weighted by molar-refractivity contribution is 7.47. The molecule has 5 atom stereocenters. The largest absolute Gasteiger partial charge is 0.472 e. The predicted octanol–water partition coefficient (Wildman–Crippen LogP) is 24.0. The molecule has 2 unspecified atom stereocenters. The highest BCUT2D eigenvalue weighted by Crippen LogP contribution is 2.45. The monoisotopic (exact) mass is 1450 g/mol. The quantitative estimate of drug-likeness (QED) is 0.0222. The van der Waals surface area contributed by atoms with Gasteiger partial charge in [-0.2, -0.15) is 0 Å². The second-order valence-electron chi connectivity index (χ2n) is 29.3. The van der Waals surface area contributed by atoms with Gasteiger partial charge in [0.2, 0.25) is 0 Å². The maximum absolute atomic E-state index is 13.1. The smallest absolute Gasteiger partial charge is 0.462 e. The van der Waals surface area contributed by atoms with Crippen molar-refractivity contribution in [1.82, 2.24) is 0 Å². The predicted molar refractivity (Wildman–Crippen MR) is 405 cm³/mol. The Morgan fingerprint density at radius 1 is 0.273 bits per heavy atom. The van der Waals surface area contributed by atoms with Gasteiger partial charge in [0.05, 0.1) is 26.4 Å². The molecule has 0 aromatic heterocycles. The molecule has 0 fully saturated rings. The molecular formula is C80H156O17P2. The Hall–Kier alpha value is -1.94. The van der Waals surface area contributed by atoms with Gasteiger partial charge in [-0.15, -0.1) is 0 Å². The number of phosphoric acid groups is 2. The Labute approximate surface area is 607 Å². The minimum absolute atomic E-state index is 0.108. The third-order valence-corrected chi connectivity index (χ3v) is 20.7. The molecule has 17 nitrogen and oxygen atoms in total. The molecule has 0 radical (unpaired) electrons. The molecule has 0 heterocycles. The third kappa shape index (κ3) is 74.1. The molecular weight excluding hydrogens is 1290 g/mol. The van der Waals surface area contributed by atoms with Crippen molar-refractivity contribution < 1.29 is 80.2 Å². The molecule has 0 saturated heterocycles. The van der Waals surface area contributed by atoms with Gasteiger partial charge in [0, 0.05) is 25.7 Å². The van der Waals surface area contributed by atoms with Crippen LogP contribution < -0.4 is 0 Å². The summed E-state index contributed by atoms with van der Waals surface area (Å²) in [4.78, 5) is 72.9. The van der Waals surface area contributed by atoms with Gasteiger partial charge < -0.3 is 33.8 Å². The molecule has 0 aromatic rings. The van der Waals surface area contributed by atoms with Crippen LogP contribution >= 0.6 is 15.6 Å². The number of phosphoric ester groups is 2. The van der Waals surface area contributed by atoms with E-state index in [1.54, 1.807) is 0 Å². The number of rotatable bonds is 80. The lowest BCUT2D eigenvalue weighted by Gasteiger charge is -2.21. The van der Waals surface area contributed by atoms with Gasteiger partial charge in [0.25, 0.3) is 0 Å². The summed E-state index contributed by atoms with van der Waals surface area (Å²) in [5.74, 6) is -1.31. The highest BCUT2D eigenvalue weighted by Gasteiger charge is 2.30. The van der Waals surface area contributed by atoms with Crippen LogP contribution in [0.5, 0.6) is 0 Å². The lowest BCUT2D eigenvalue weighted by Crippen LogP contribution is -2.30. The maximum atomic E-state index is 13.1. The van der Waals surface area contributed by atoms with Crippen LogP contribution in [0.1, 0.15) is 426 Å². The molecule has 0 aliphatic carbocycles. The lowest BCUT2D eigenvalue weighted by molar-refractivity contribution is -0.161. The van der Waals surface area contributed by atoms with E-state index in [1.807, 2.05) is 0 Å². The fourth-order valence-electron chi connectivity index (χ4n) is 12.4. The van der Waals surface area contributed by atoms with Crippen LogP contribution in [-0.4, -0.2) is 96.7 Å². The zero-order valence-electron chi connectivity index (χ0n) is 64.6. The van der Waals surface area contributed by atoms with E-state index in [0.717, 1.165) is 102 Å². The van der Waals surface area contributed by atoms with Crippen LogP contribution in [0.3, 0.4) is 0 Å². The van der Waals surface area contributed by atoms with Gasteiger partial charge in [-0.25, -0.2) is 9.13 Å². The number of aliphatic hydroxyl groups is 1. The number of hydrogen-bond donors (Lipinski definition) is 3. The Bertz CT molecular complexity index is 1890. The molecule has 3 N–H and O–H groups in total. The van der Waals surface area contributed by atoms with Crippen molar-refractivity contribution in [3.63, 3.8) is 0 Å². The minimum Gasteiger partial charge on any atom is -0.462 e. The number of unbranched alkanes of at least 4 members (excludes halogenated alkanes) is 52. The molecule has 0 bridgehead atoms. The van der Waals surface area contributed by atoms with E-state index in [9.17, 15) is 43.2 Å². The molecule has 0 aliphatic rings. The normalized spacial score (nSPS) is 13.9. The Morgan fingerprint density at radius 2 is 0.465 bits per heavy atom. The molecule has 99 heavy (non-hydrogen) atoms. The summed E-state index contributed by atoms with van der Waals surface area (Å²) in [7, 11) is -9.91. The standard InChI is InChI=1S/C80H156O17P2/c1-6-9-12-15-18-21-23-25-27-28-29-30-31-32-38-42-46-51-56-61-66-80(85)97-76(70-91-78(83)64-59-54-49-44-40-37-34-33-35-39-43-47-52-57-62-73(4)5)72-95-99(88,89)93-68-74(81)67-92-98(86,87)94-71-75(69-90-77(82)63-58-53-48-20-17-14-11-8-3)96-79(84)65-60-55-50-45-41-36-26-24-22-19-16-13-10-7-2/h73-76,81H,6-72H2,1-5H3,(H,86,87)(H,88,89)/t74-,75+,76+/m0/s1. The van der Waals surface area contributed by atoms with Crippen molar-refractivity contribution in [2.45, 2.75) is 445 Å². The van der Waals surface area contributed by atoms with Crippen molar-refractivity contribution in [2.75, 3.05) is 39.6 Å². The van der Waals surface area contributed by atoms with Gasteiger partial charge in [-0.05, 0) is 31.6 Å². The summed E-state index contributed by atoms with van der Waals surface area (Å²) < 4.78 is 68.6. The number of esters is 4. The van der Waals surface area contributed by atoms with Crippen molar-refractivity contribution in [1.29, 1.82) is 0 Å². The van der Waals surface area contributed by atoms with E-state index in [0.29, 0.717) is 25.7 Å². The zero-order chi connectivity index (χ0) is 72.7. The number of aliphatic hydroxyl groups excluding tert-OH is 1. The summed E-state index contributed by atoms with van der Waals surface area (Å²) in [6.07, 6.45) is 63.9. The van der Waals surface area contributed by atoms with Crippen LogP contribution in [-0.2, 0) is 65.4 Å². The molecule has 0 aromatic carbocycles. The van der Waals surface area contributed by atoms with E-state index < -0.39 is 97.5 Å². The Morgan fingerprint density at radius 3 is 0.687 bits per heavy atom.